The Balaban J connectivity index is 1.51. The van der Waals surface area contributed by atoms with E-state index < -0.39 is 11.9 Å². The van der Waals surface area contributed by atoms with Crippen molar-refractivity contribution in [2.75, 3.05) is 38.2 Å². The number of hydrogen-bond acceptors (Lipinski definition) is 4. The van der Waals surface area contributed by atoms with Crippen LogP contribution in [0.1, 0.15) is 25.7 Å². The number of carboxylic acid groups (broad SMARTS) is 1. The summed E-state index contributed by atoms with van der Waals surface area (Å²) in [7, 11) is 1.68. The van der Waals surface area contributed by atoms with Gasteiger partial charge in [-0.2, -0.15) is 0 Å². The fraction of sp³-hybridized carbons (Fsp3) is 0.579. The van der Waals surface area contributed by atoms with Crippen molar-refractivity contribution in [2.45, 2.75) is 31.7 Å². The number of hydrogen-bond donors (Lipinski definition) is 2. The maximum Gasteiger partial charge on any atom is 0.317 e. The quantitative estimate of drug-likeness (QED) is 0.859. The van der Waals surface area contributed by atoms with Crippen molar-refractivity contribution in [3.8, 4) is 5.75 Å². The molecule has 2 aliphatic heterocycles. The second-order valence-electron chi connectivity index (χ2n) is 7.01. The number of methoxy groups -OCH3 is 1. The summed E-state index contributed by atoms with van der Waals surface area (Å²) in [5.41, 5.74) is 1.08. The van der Waals surface area contributed by atoms with Crippen LogP contribution < -0.4 is 15.0 Å². The number of rotatable bonds is 4. The summed E-state index contributed by atoms with van der Waals surface area (Å²) >= 11 is 0. The number of amides is 2. The van der Waals surface area contributed by atoms with Crippen molar-refractivity contribution >= 4 is 17.7 Å². The molecule has 2 saturated heterocycles. The summed E-state index contributed by atoms with van der Waals surface area (Å²) in [6, 6.07) is 7.96. The highest BCUT2D eigenvalue weighted by atomic mass is 16.5. The number of anilines is 1. The minimum Gasteiger partial charge on any atom is -0.495 e. The summed E-state index contributed by atoms with van der Waals surface area (Å²) in [6.45, 7) is 2.64. The van der Waals surface area contributed by atoms with Gasteiger partial charge in [-0.15, -0.1) is 0 Å². The number of carboxylic acids is 1. The molecule has 2 amide bonds. The van der Waals surface area contributed by atoms with E-state index in [1.807, 2.05) is 18.2 Å². The molecule has 7 nitrogen and oxygen atoms in total. The molecule has 0 spiro atoms. The number of aliphatic carboxylic acids is 1. The molecule has 2 N–H and O–H groups in total. The molecule has 0 saturated carbocycles. The first-order chi connectivity index (χ1) is 12.6. The van der Waals surface area contributed by atoms with Gasteiger partial charge in [-0.05, 0) is 37.8 Å². The van der Waals surface area contributed by atoms with Crippen LogP contribution in [0.25, 0.3) is 0 Å². The first-order valence-electron chi connectivity index (χ1n) is 9.24. The molecule has 1 aromatic carbocycles. The number of carbonyl (C=O) groups excluding carboxylic acids is 1. The highest BCUT2D eigenvalue weighted by Gasteiger charge is 2.30. The molecule has 1 unspecified atom stereocenters. The van der Waals surface area contributed by atoms with E-state index in [1.165, 1.54) is 0 Å². The van der Waals surface area contributed by atoms with Crippen LogP contribution in [-0.4, -0.2) is 61.3 Å². The molecule has 2 aliphatic rings. The minimum absolute atomic E-state index is 0.124. The number of para-hydroxylation sites is 2. The van der Waals surface area contributed by atoms with Crippen molar-refractivity contribution in [1.82, 2.24) is 10.2 Å². The molecule has 0 radical (unpaired) electrons. The zero-order chi connectivity index (χ0) is 18.5. The number of ether oxygens (including phenoxy) is 1. The van der Waals surface area contributed by atoms with Gasteiger partial charge in [0.2, 0.25) is 0 Å². The molecule has 2 fully saturated rings. The molecule has 7 heteroatoms. The van der Waals surface area contributed by atoms with Gasteiger partial charge in [0.15, 0.2) is 0 Å². The van der Waals surface area contributed by atoms with Crippen molar-refractivity contribution in [2.24, 2.45) is 5.92 Å². The number of urea groups is 1. The molecule has 0 aliphatic carbocycles. The van der Waals surface area contributed by atoms with Crippen LogP contribution >= 0.6 is 0 Å². The number of benzene rings is 1. The zero-order valence-corrected chi connectivity index (χ0v) is 15.2. The summed E-state index contributed by atoms with van der Waals surface area (Å²) in [5, 5.41) is 12.3. The number of nitrogens with one attached hydrogen (secondary N) is 1. The lowest BCUT2D eigenvalue weighted by Crippen LogP contribution is -2.52. The molecular formula is C19H27N3O4. The predicted molar refractivity (Wildman–Crippen MR) is 98.7 cm³/mol. The highest BCUT2D eigenvalue weighted by molar-refractivity contribution is 5.76. The van der Waals surface area contributed by atoms with E-state index >= 15 is 0 Å². The third kappa shape index (κ3) is 4.20. The third-order valence-electron chi connectivity index (χ3n) is 5.31. The summed E-state index contributed by atoms with van der Waals surface area (Å²) < 4.78 is 5.43. The SMILES string of the molecule is COc1ccccc1N1CCC(NC(=O)N2CCCC(C(=O)O)C2)CC1. The highest BCUT2D eigenvalue weighted by Crippen LogP contribution is 2.30. The largest absolute Gasteiger partial charge is 0.495 e. The maximum absolute atomic E-state index is 12.5. The van der Waals surface area contributed by atoms with Crippen molar-refractivity contribution in [3.63, 3.8) is 0 Å². The molecule has 2 heterocycles. The lowest BCUT2D eigenvalue weighted by molar-refractivity contribution is -0.143. The van der Waals surface area contributed by atoms with Crippen LogP contribution in [-0.2, 0) is 4.79 Å². The van der Waals surface area contributed by atoms with Gasteiger partial charge in [-0.3, -0.25) is 4.79 Å². The Morgan fingerprint density at radius 3 is 2.58 bits per heavy atom. The number of likely N-dealkylation sites (tertiary alicyclic amines) is 1. The lowest BCUT2D eigenvalue weighted by atomic mass is 9.98. The Kier molecular flexibility index (Phi) is 5.85. The number of carbonyl (C=O) groups is 2. The van der Waals surface area contributed by atoms with Gasteiger partial charge in [-0.1, -0.05) is 12.1 Å². The van der Waals surface area contributed by atoms with Gasteiger partial charge in [-0.25, -0.2) is 4.79 Å². The van der Waals surface area contributed by atoms with Gasteiger partial charge in [0.25, 0.3) is 0 Å². The van der Waals surface area contributed by atoms with Crippen LogP contribution in [0.3, 0.4) is 0 Å². The topological polar surface area (TPSA) is 82.1 Å². The number of piperidine rings is 2. The molecule has 1 aromatic rings. The second-order valence-corrected chi connectivity index (χ2v) is 7.01. The number of nitrogens with zero attached hydrogens (tertiary/aromatic N) is 2. The monoisotopic (exact) mass is 361 g/mol. The van der Waals surface area contributed by atoms with Crippen LogP contribution in [0.2, 0.25) is 0 Å². The molecular weight excluding hydrogens is 334 g/mol. The van der Waals surface area contributed by atoms with Gasteiger partial charge >= 0.3 is 12.0 Å². The maximum atomic E-state index is 12.5. The average Bonchev–Trinajstić information content (AvgIpc) is 2.68. The van der Waals surface area contributed by atoms with Crippen LogP contribution in [0.4, 0.5) is 10.5 Å². The fourth-order valence-corrected chi connectivity index (χ4v) is 3.78. The average molecular weight is 361 g/mol. The zero-order valence-electron chi connectivity index (χ0n) is 15.2. The normalized spacial score (nSPS) is 21.3. The van der Waals surface area contributed by atoms with Gasteiger partial charge in [0.05, 0.1) is 18.7 Å². The summed E-state index contributed by atoms with van der Waals surface area (Å²) in [4.78, 5) is 27.6. The van der Waals surface area contributed by atoms with Crippen LogP contribution in [0.5, 0.6) is 5.75 Å². The molecule has 0 aromatic heterocycles. The molecule has 3 rings (SSSR count). The smallest absolute Gasteiger partial charge is 0.317 e. The van der Waals surface area contributed by atoms with E-state index in [1.54, 1.807) is 12.0 Å². The van der Waals surface area contributed by atoms with Crippen LogP contribution in [0, 0.1) is 5.92 Å². The molecule has 0 bridgehead atoms. The van der Waals surface area contributed by atoms with E-state index in [4.69, 9.17) is 9.84 Å². The first kappa shape index (κ1) is 18.4. The lowest BCUT2D eigenvalue weighted by Gasteiger charge is -2.36. The predicted octanol–water partition coefficient (Wildman–Crippen LogP) is 2.17. The Labute approximate surface area is 153 Å². The summed E-state index contributed by atoms with van der Waals surface area (Å²) in [5.74, 6) is -0.391. The van der Waals surface area contributed by atoms with Gasteiger partial charge in [0.1, 0.15) is 5.75 Å². The van der Waals surface area contributed by atoms with E-state index in [-0.39, 0.29) is 12.1 Å². The minimum atomic E-state index is -0.812. The molecule has 142 valence electrons. The van der Waals surface area contributed by atoms with E-state index in [0.717, 1.165) is 43.8 Å². The fourth-order valence-electron chi connectivity index (χ4n) is 3.78. The van der Waals surface area contributed by atoms with E-state index in [0.29, 0.717) is 19.5 Å². The van der Waals surface area contributed by atoms with Gasteiger partial charge in [0, 0.05) is 32.2 Å². The Hall–Kier alpha value is -2.44. The molecule has 26 heavy (non-hydrogen) atoms. The van der Waals surface area contributed by atoms with Crippen molar-refractivity contribution < 1.29 is 19.4 Å². The summed E-state index contributed by atoms with van der Waals surface area (Å²) in [6.07, 6.45) is 3.12. The standard InChI is InChI=1S/C19H27N3O4/c1-26-17-7-3-2-6-16(17)21-11-8-15(9-12-21)20-19(25)22-10-4-5-14(13-22)18(23)24/h2-3,6-7,14-15H,4-5,8-13H2,1H3,(H,20,25)(H,23,24). The van der Waals surface area contributed by atoms with Gasteiger partial charge < -0.3 is 25.0 Å². The first-order valence-corrected chi connectivity index (χ1v) is 9.24. The second kappa shape index (κ2) is 8.29. The Bertz CT molecular complexity index is 643. The van der Waals surface area contributed by atoms with Crippen LogP contribution in [0.15, 0.2) is 24.3 Å². The van der Waals surface area contributed by atoms with Crippen molar-refractivity contribution in [3.05, 3.63) is 24.3 Å². The Morgan fingerprint density at radius 2 is 1.88 bits per heavy atom. The molecule has 1 atom stereocenters. The van der Waals surface area contributed by atoms with Crippen molar-refractivity contribution in [1.29, 1.82) is 0 Å². The Morgan fingerprint density at radius 1 is 1.15 bits per heavy atom. The van der Waals surface area contributed by atoms with E-state index in [2.05, 4.69) is 16.3 Å². The van der Waals surface area contributed by atoms with E-state index in [9.17, 15) is 9.59 Å². The third-order valence-corrected chi connectivity index (χ3v) is 5.31.